The van der Waals surface area contributed by atoms with Crippen molar-refractivity contribution in [3.8, 4) is 0 Å². The van der Waals surface area contributed by atoms with Crippen LogP contribution in [0.2, 0.25) is 0 Å². The van der Waals surface area contributed by atoms with E-state index in [4.69, 9.17) is 0 Å². The van der Waals surface area contributed by atoms with Crippen LogP contribution in [0.25, 0.3) is 0 Å². The summed E-state index contributed by atoms with van der Waals surface area (Å²) in [5.41, 5.74) is 5.33. The first-order valence-corrected chi connectivity index (χ1v) is 6.71. The third kappa shape index (κ3) is 2.95. The molecule has 0 bridgehead atoms. The fourth-order valence-electron chi connectivity index (χ4n) is 2.20. The smallest absolute Gasteiger partial charge is 0.0415 e. The highest BCUT2D eigenvalue weighted by molar-refractivity contribution is 5.48. The Morgan fingerprint density at radius 3 is 2.61 bits per heavy atom. The summed E-state index contributed by atoms with van der Waals surface area (Å²) >= 11 is 0. The lowest BCUT2D eigenvalue weighted by Crippen LogP contribution is -1.99. The molecule has 0 aliphatic carbocycles. The molecule has 0 unspecified atom stereocenters. The molecule has 0 spiro atoms. The van der Waals surface area contributed by atoms with Gasteiger partial charge < -0.3 is 9.88 Å². The molecule has 0 radical (unpaired) electrons. The summed E-state index contributed by atoms with van der Waals surface area (Å²) in [7, 11) is 0. The first-order valence-electron chi connectivity index (χ1n) is 6.71. The largest absolute Gasteiger partial charge is 0.381 e. The molecule has 0 saturated carbocycles. The minimum Gasteiger partial charge on any atom is -0.381 e. The Morgan fingerprint density at radius 1 is 1.17 bits per heavy atom. The number of benzene rings is 1. The van der Waals surface area contributed by atoms with Crippen LogP contribution in [0, 0.1) is 6.92 Å². The van der Waals surface area contributed by atoms with Crippen molar-refractivity contribution >= 4 is 5.69 Å². The van der Waals surface area contributed by atoms with Crippen molar-refractivity contribution in [2.75, 3.05) is 5.32 Å². The van der Waals surface area contributed by atoms with Gasteiger partial charge in [0, 0.05) is 31.2 Å². The van der Waals surface area contributed by atoms with E-state index in [1.807, 2.05) is 0 Å². The molecular formula is C16H22N2. The van der Waals surface area contributed by atoms with Crippen LogP contribution in [0.4, 0.5) is 5.69 Å². The van der Waals surface area contributed by atoms with Gasteiger partial charge >= 0.3 is 0 Å². The Labute approximate surface area is 110 Å². The van der Waals surface area contributed by atoms with E-state index in [-0.39, 0.29) is 0 Å². The van der Waals surface area contributed by atoms with Crippen molar-refractivity contribution < 1.29 is 0 Å². The van der Waals surface area contributed by atoms with E-state index < -0.39 is 0 Å². The molecule has 2 nitrogen and oxygen atoms in total. The van der Waals surface area contributed by atoms with Crippen LogP contribution in [-0.2, 0) is 19.5 Å². The molecule has 96 valence electrons. The van der Waals surface area contributed by atoms with Crippen molar-refractivity contribution in [1.82, 2.24) is 4.57 Å². The number of aromatic nitrogens is 1. The summed E-state index contributed by atoms with van der Waals surface area (Å²) in [6.07, 6.45) is 5.42. The van der Waals surface area contributed by atoms with Gasteiger partial charge in [0.2, 0.25) is 0 Å². The molecule has 2 aromatic rings. The predicted molar refractivity (Wildman–Crippen MR) is 78.0 cm³/mol. The average Bonchev–Trinajstić information content (AvgIpc) is 2.84. The van der Waals surface area contributed by atoms with Crippen LogP contribution < -0.4 is 5.32 Å². The normalized spacial score (nSPS) is 10.6. The lowest BCUT2D eigenvalue weighted by Gasteiger charge is -2.09. The van der Waals surface area contributed by atoms with Gasteiger partial charge in [-0.15, -0.1) is 0 Å². The number of anilines is 1. The highest BCUT2D eigenvalue weighted by atomic mass is 14.9. The minimum atomic E-state index is 0.887. The Kier molecular flexibility index (Phi) is 4.08. The number of hydrogen-bond donors (Lipinski definition) is 1. The average molecular weight is 242 g/mol. The third-order valence-corrected chi connectivity index (χ3v) is 3.40. The SMILES string of the molecule is CCc1ccc(NCc2ccn(CC)c2)cc1C. The minimum absolute atomic E-state index is 0.887. The van der Waals surface area contributed by atoms with Gasteiger partial charge in [0.1, 0.15) is 0 Å². The summed E-state index contributed by atoms with van der Waals surface area (Å²) in [5.74, 6) is 0. The first-order chi connectivity index (χ1) is 8.72. The van der Waals surface area contributed by atoms with Gasteiger partial charge in [0.25, 0.3) is 0 Å². The molecule has 0 atom stereocenters. The van der Waals surface area contributed by atoms with Crippen LogP contribution >= 0.6 is 0 Å². The van der Waals surface area contributed by atoms with Crippen LogP contribution in [0.5, 0.6) is 0 Å². The van der Waals surface area contributed by atoms with E-state index in [0.717, 1.165) is 19.5 Å². The van der Waals surface area contributed by atoms with Crippen molar-refractivity contribution in [1.29, 1.82) is 0 Å². The number of rotatable bonds is 5. The van der Waals surface area contributed by atoms with Crippen molar-refractivity contribution in [3.05, 3.63) is 53.3 Å². The summed E-state index contributed by atoms with van der Waals surface area (Å²) in [5, 5.41) is 3.48. The van der Waals surface area contributed by atoms with Gasteiger partial charge in [0.15, 0.2) is 0 Å². The second-order valence-electron chi connectivity index (χ2n) is 4.70. The van der Waals surface area contributed by atoms with E-state index in [0.29, 0.717) is 0 Å². The maximum absolute atomic E-state index is 3.48. The highest BCUT2D eigenvalue weighted by Gasteiger charge is 1.99. The fourth-order valence-corrected chi connectivity index (χ4v) is 2.20. The molecule has 0 aliphatic rings. The molecule has 18 heavy (non-hydrogen) atoms. The Morgan fingerprint density at radius 2 is 2.00 bits per heavy atom. The van der Waals surface area contributed by atoms with E-state index in [1.165, 1.54) is 22.4 Å². The Balaban J connectivity index is 1.99. The number of nitrogens with zero attached hydrogens (tertiary/aromatic N) is 1. The monoisotopic (exact) mass is 242 g/mol. The van der Waals surface area contributed by atoms with E-state index in [1.54, 1.807) is 0 Å². The maximum atomic E-state index is 3.48. The summed E-state index contributed by atoms with van der Waals surface area (Å²) in [6.45, 7) is 8.45. The van der Waals surface area contributed by atoms with Crippen LogP contribution in [0.15, 0.2) is 36.7 Å². The molecule has 0 amide bonds. The van der Waals surface area contributed by atoms with E-state index >= 15 is 0 Å². The fraction of sp³-hybridized carbons (Fsp3) is 0.375. The number of nitrogens with one attached hydrogen (secondary N) is 1. The maximum Gasteiger partial charge on any atom is 0.0415 e. The van der Waals surface area contributed by atoms with Gasteiger partial charge in [-0.05, 0) is 55.2 Å². The predicted octanol–water partition coefficient (Wildman–Crippen LogP) is 3.99. The number of hydrogen-bond acceptors (Lipinski definition) is 1. The topological polar surface area (TPSA) is 17.0 Å². The van der Waals surface area contributed by atoms with Gasteiger partial charge in [-0.3, -0.25) is 0 Å². The number of aryl methyl sites for hydroxylation is 3. The molecule has 0 saturated heterocycles. The van der Waals surface area contributed by atoms with Gasteiger partial charge in [0.05, 0.1) is 0 Å². The molecule has 2 heteroatoms. The van der Waals surface area contributed by atoms with Crippen LogP contribution in [0.1, 0.15) is 30.5 Å². The third-order valence-electron chi connectivity index (χ3n) is 3.40. The second-order valence-corrected chi connectivity index (χ2v) is 4.70. The quantitative estimate of drug-likeness (QED) is 0.839. The zero-order valence-electron chi connectivity index (χ0n) is 11.5. The van der Waals surface area contributed by atoms with E-state index in [2.05, 4.69) is 67.3 Å². The van der Waals surface area contributed by atoms with Crippen molar-refractivity contribution in [2.45, 2.75) is 40.3 Å². The Hall–Kier alpha value is -1.70. The molecule has 1 aromatic heterocycles. The molecule has 1 heterocycles. The van der Waals surface area contributed by atoms with Gasteiger partial charge in [-0.2, -0.15) is 0 Å². The molecule has 2 rings (SSSR count). The summed E-state index contributed by atoms with van der Waals surface area (Å²) in [6, 6.07) is 8.79. The zero-order chi connectivity index (χ0) is 13.0. The first kappa shape index (κ1) is 12.7. The molecule has 1 N–H and O–H groups in total. The molecule has 0 fully saturated rings. The lowest BCUT2D eigenvalue weighted by molar-refractivity contribution is 0.766. The standard InChI is InChI=1S/C16H22N2/c1-4-15-6-7-16(10-13(15)3)17-11-14-8-9-18(5-2)12-14/h6-10,12,17H,4-5,11H2,1-3H3. The van der Waals surface area contributed by atoms with Gasteiger partial charge in [-0.1, -0.05) is 13.0 Å². The molecular weight excluding hydrogens is 220 g/mol. The summed E-state index contributed by atoms with van der Waals surface area (Å²) < 4.78 is 2.20. The van der Waals surface area contributed by atoms with Crippen LogP contribution in [0.3, 0.4) is 0 Å². The molecule has 0 aliphatic heterocycles. The highest BCUT2D eigenvalue weighted by Crippen LogP contribution is 2.16. The Bertz CT molecular complexity index is 512. The molecule has 1 aromatic carbocycles. The van der Waals surface area contributed by atoms with Gasteiger partial charge in [-0.25, -0.2) is 0 Å². The van der Waals surface area contributed by atoms with Crippen LogP contribution in [-0.4, -0.2) is 4.57 Å². The second kappa shape index (κ2) is 5.76. The van der Waals surface area contributed by atoms with Crippen molar-refractivity contribution in [3.63, 3.8) is 0 Å². The lowest BCUT2D eigenvalue weighted by atomic mass is 10.1. The van der Waals surface area contributed by atoms with E-state index in [9.17, 15) is 0 Å². The summed E-state index contributed by atoms with van der Waals surface area (Å²) in [4.78, 5) is 0. The zero-order valence-corrected chi connectivity index (χ0v) is 11.5. The van der Waals surface area contributed by atoms with Crippen molar-refractivity contribution in [2.24, 2.45) is 0 Å².